The predicted octanol–water partition coefficient (Wildman–Crippen LogP) is 3.04. The lowest BCUT2D eigenvalue weighted by Gasteiger charge is -2.05. The Kier molecular flexibility index (Phi) is 2.53. The van der Waals surface area contributed by atoms with E-state index < -0.39 is 0 Å². The molecular weight excluding hydrogens is 282 g/mol. The Morgan fingerprint density at radius 1 is 1.00 bits per heavy atom. The quantitative estimate of drug-likeness (QED) is 0.728. The summed E-state index contributed by atoms with van der Waals surface area (Å²) in [6.07, 6.45) is 0. The number of nitrogens with zero attached hydrogens (tertiary/aromatic N) is 3. The highest BCUT2D eigenvalue weighted by Gasteiger charge is 2.06. The van der Waals surface area contributed by atoms with Crippen LogP contribution < -0.4 is 4.84 Å². The molecule has 0 unspecified atom stereocenters. The minimum absolute atomic E-state index is 0.697. The predicted molar refractivity (Wildman–Crippen MR) is 67.7 cm³/mol. The zero-order chi connectivity index (χ0) is 11.7. The van der Waals surface area contributed by atoms with Gasteiger partial charge in [0.15, 0.2) is 5.75 Å². The van der Waals surface area contributed by atoms with Crippen LogP contribution in [0.4, 0.5) is 0 Å². The number of fused-ring (bicyclic) bond motifs is 1. The smallest absolute Gasteiger partial charge is 0.172 e. The van der Waals surface area contributed by atoms with Crippen molar-refractivity contribution in [3.63, 3.8) is 0 Å². The molecule has 3 rings (SSSR count). The first-order chi connectivity index (χ1) is 8.34. The summed E-state index contributed by atoms with van der Waals surface area (Å²) in [4.78, 5) is 7.07. The Hall–Kier alpha value is -1.88. The van der Waals surface area contributed by atoms with E-state index in [4.69, 9.17) is 4.84 Å². The van der Waals surface area contributed by atoms with Crippen molar-refractivity contribution in [1.82, 2.24) is 15.2 Å². The molecule has 0 aliphatic carbocycles. The van der Waals surface area contributed by atoms with Gasteiger partial charge in [-0.05, 0) is 45.4 Å². The molecule has 0 N–H and O–H groups in total. The number of benzene rings is 2. The Balaban J connectivity index is 2.03. The van der Waals surface area contributed by atoms with Gasteiger partial charge in [-0.1, -0.05) is 29.1 Å². The van der Waals surface area contributed by atoms with Gasteiger partial charge in [0.05, 0.1) is 4.47 Å². The van der Waals surface area contributed by atoms with Gasteiger partial charge in [-0.3, -0.25) is 0 Å². The molecule has 0 spiro atoms. The van der Waals surface area contributed by atoms with Crippen LogP contribution in [0.3, 0.4) is 0 Å². The zero-order valence-corrected chi connectivity index (χ0v) is 10.3. The van der Waals surface area contributed by atoms with E-state index in [1.807, 2.05) is 48.5 Å². The van der Waals surface area contributed by atoms with E-state index in [2.05, 4.69) is 26.2 Å². The van der Waals surface area contributed by atoms with Gasteiger partial charge < -0.3 is 4.84 Å². The molecule has 0 saturated carbocycles. The highest BCUT2D eigenvalue weighted by molar-refractivity contribution is 9.10. The van der Waals surface area contributed by atoms with E-state index in [1.54, 1.807) is 0 Å². The summed E-state index contributed by atoms with van der Waals surface area (Å²) in [5, 5.41) is 7.97. The van der Waals surface area contributed by atoms with Gasteiger partial charge in [0.25, 0.3) is 0 Å². The lowest BCUT2D eigenvalue weighted by Crippen LogP contribution is -2.07. The Labute approximate surface area is 106 Å². The van der Waals surface area contributed by atoms with Crippen molar-refractivity contribution in [2.45, 2.75) is 0 Å². The molecule has 4 nitrogen and oxygen atoms in total. The monoisotopic (exact) mass is 289 g/mol. The molecule has 5 heteroatoms. The average molecular weight is 290 g/mol. The molecule has 3 aromatic rings. The lowest BCUT2D eigenvalue weighted by atomic mass is 10.3. The summed E-state index contributed by atoms with van der Waals surface area (Å²) in [5.74, 6) is 0.697. The van der Waals surface area contributed by atoms with E-state index in [9.17, 15) is 0 Å². The minimum Gasteiger partial charge on any atom is -0.355 e. The second-order valence-electron chi connectivity index (χ2n) is 3.47. The fraction of sp³-hybridized carbons (Fsp3) is 0. The first-order valence-electron chi connectivity index (χ1n) is 5.08. The van der Waals surface area contributed by atoms with Gasteiger partial charge >= 0.3 is 0 Å². The number of aromatic nitrogens is 3. The first kappa shape index (κ1) is 10.3. The topological polar surface area (TPSA) is 39.9 Å². The molecule has 0 saturated heterocycles. The van der Waals surface area contributed by atoms with Crippen LogP contribution in [0.5, 0.6) is 5.75 Å². The van der Waals surface area contributed by atoms with Crippen molar-refractivity contribution in [2.75, 3.05) is 0 Å². The van der Waals surface area contributed by atoms with Gasteiger partial charge in [0.1, 0.15) is 11.0 Å². The maximum absolute atomic E-state index is 5.66. The van der Waals surface area contributed by atoms with Gasteiger partial charge in [-0.15, -0.1) is 5.10 Å². The molecule has 0 atom stereocenters. The van der Waals surface area contributed by atoms with Crippen molar-refractivity contribution < 1.29 is 4.84 Å². The number of para-hydroxylation sites is 2. The van der Waals surface area contributed by atoms with Gasteiger partial charge in [0, 0.05) is 0 Å². The fourth-order valence-electron chi connectivity index (χ4n) is 1.53. The van der Waals surface area contributed by atoms with Crippen molar-refractivity contribution in [3.8, 4) is 5.75 Å². The van der Waals surface area contributed by atoms with Crippen LogP contribution >= 0.6 is 15.9 Å². The van der Waals surface area contributed by atoms with Crippen LogP contribution in [0.25, 0.3) is 11.0 Å². The summed E-state index contributed by atoms with van der Waals surface area (Å²) in [7, 11) is 0. The highest BCUT2D eigenvalue weighted by Crippen LogP contribution is 2.24. The third-order valence-corrected chi connectivity index (χ3v) is 3.00. The molecule has 1 aromatic heterocycles. The van der Waals surface area contributed by atoms with E-state index >= 15 is 0 Å². The summed E-state index contributed by atoms with van der Waals surface area (Å²) in [6, 6.07) is 15.2. The Bertz CT molecular complexity index is 665. The summed E-state index contributed by atoms with van der Waals surface area (Å²) < 4.78 is 0.875. The number of halogens is 1. The van der Waals surface area contributed by atoms with Gasteiger partial charge in [-0.2, -0.15) is 0 Å². The van der Waals surface area contributed by atoms with Crippen molar-refractivity contribution in [2.24, 2.45) is 0 Å². The van der Waals surface area contributed by atoms with Crippen LogP contribution in [0.1, 0.15) is 0 Å². The molecule has 84 valence electrons. The van der Waals surface area contributed by atoms with Crippen LogP contribution in [0, 0.1) is 0 Å². The van der Waals surface area contributed by atoms with Crippen molar-refractivity contribution in [3.05, 3.63) is 53.0 Å². The molecule has 1 heterocycles. The van der Waals surface area contributed by atoms with E-state index in [-0.39, 0.29) is 0 Å². The van der Waals surface area contributed by atoms with Crippen molar-refractivity contribution >= 4 is 27.0 Å². The largest absolute Gasteiger partial charge is 0.355 e. The molecule has 0 aliphatic heterocycles. The van der Waals surface area contributed by atoms with E-state index in [1.165, 1.54) is 4.85 Å². The second kappa shape index (κ2) is 4.18. The van der Waals surface area contributed by atoms with Gasteiger partial charge in [0.2, 0.25) is 0 Å². The van der Waals surface area contributed by atoms with E-state index in [0.29, 0.717) is 5.75 Å². The number of rotatable bonds is 2. The minimum atomic E-state index is 0.697. The summed E-state index contributed by atoms with van der Waals surface area (Å²) in [6.45, 7) is 0. The molecule has 0 bridgehead atoms. The average Bonchev–Trinajstić information content (AvgIpc) is 2.76. The maximum atomic E-state index is 5.66. The van der Waals surface area contributed by atoms with Gasteiger partial charge in [-0.25, -0.2) is 0 Å². The van der Waals surface area contributed by atoms with E-state index in [0.717, 1.165) is 15.5 Å². The molecule has 0 amide bonds. The third kappa shape index (κ3) is 1.89. The Morgan fingerprint density at radius 3 is 2.65 bits per heavy atom. The Morgan fingerprint density at radius 2 is 1.76 bits per heavy atom. The molecule has 0 aliphatic rings. The molecule has 0 fully saturated rings. The fourth-order valence-corrected chi connectivity index (χ4v) is 1.88. The molecule has 17 heavy (non-hydrogen) atoms. The molecular formula is C12H8BrN3O. The summed E-state index contributed by atoms with van der Waals surface area (Å²) >= 11 is 3.42. The standard InChI is InChI=1S/C12H8BrN3O/c13-9-5-1-4-8-12(9)17-16-11-7-3-2-6-10(11)14-15-16/h1-8H. The summed E-state index contributed by atoms with van der Waals surface area (Å²) in [5.41, 5.74) is 1.64. The molecule has 2 aromatic carbocycles. The van der Waals surface area contributed by atoms with Crippen molar-refractivity contribution in [1.29, 1.82) is 0 Å². The number of hydrogen-bond acceptors (Lipinski definition) is 3. The lowest BCUT2D eigenvalue weighted by molar-refractivity contribution is 0.183. The third-order valence-electron chi connectivity index (χ3n) is 2.34. The normalized spacial score (nSPS) is 10.6. The first-order valence-corrected chi connectivity index (χ1v) is 5.87. The van der Waals surface area contributed by atoms with Crippen LogP contribution in [0.2, 0.25) is 0 Å². The zero-order valence-electron chi connectivity index (χ0n) is 8.75. The van der Waals surface area contributed by atoms with Crippen LogP contribution in [0.15, 0.2) is 53.0 Å². The second-order valence-corrected chi connectivity index (χ2v) is 4.33. The highest BCUT2D eigenvalue weighted by atomic mass is 79.9. The SMILES string of the molecule is Brc1ccccc1On1nnc2ccccc21. The van der Waals surface area contributed by atoms with Crippen LogP contribution in [-0.2, 0) is 0 Å². The maximum Gasteiger partial charge on any atom is 0.172 e. The molecule has 0 radical (unpaired) electrons. The van der Waals surface area contributed by atoms with Crippen LogP contribution in [-0.4, -0.2) is 15.2 Å². The number of hydrogen-bond donors (Lipinski definition) is 0.